The highest BCUT2D eigenvalue weighted by atomic mass is 32.1. The molecule has 0 saturated heterocycles. The molecule has 0 aromatic carbocycles. The van der Waals surface area contributed by atoms with Crippen molar-refractivity contribution in [2.24, 2.45) is 5.92 Å². The monoisotopic (exact) mass is 345 g/mol. The van der Waals surface area contributed by atoms with Gasteiger partial charge >= 0.3 is 0 Å². The van der Waals surface area contributed by atoms with Crippen LogP contribution in [0.4, 0.5) is 5.13 Å². The van der Waals surface area contributed by atoms with Gasteiger partial charge < -0.3 is 4.52 Å². The first-order valence-electron chi connectivity index (χ1n) is 7.49. The van der Waals surface area contributed by atoms with Gasteiger partial charge in [-0.15, -0.1) is 22.7 Å². The SMILES string of the molecule is CC1CCc2nc(NC(=O)c3cc(-c4cccs4)on3)sc2C1. The Bertz CT molecular complexity index is 836. The minimum atomic E-state index is -0.282. The number of anilines is 1. The number of aryl methyl sites for hydroxylation is 1. The molecule has 1 N–H and O–H groups in total. The minimum absolute atomic E-state index is 0.273. The maximum Gasteiger partial charge on any atom is 0.279 e. The van der Waals surface area contributed by atoms with Crippen molar-refractivity contribution in [1.82, 2.24) is 10.1 Å². The molecular formula is C16H15N3O2S2. The van der Waals surface area contributed by atoms with Gasteiger partial charge in [0.25, 0.3) is 5.91 Å². The zero-order valence-corrected chi connectivity index (χ0v) is 14.2. The number of nitrogens with one attached hydrogen (secondary N) is 1. The first-order chi connectivity index (χ1) is 11.2. The molecule has 118 valence electrons. The van der Waals surface area contributed by atoms with Crippen LogP contribution in [0.25, 0.3) is 10.6 Å². The van der Waals surface area contributed by atoms with E-state index in [1.807, 2.05) is 17.5 Å². The molecule has 1 aliphatic carbocycles. The van der Waals surface area contributed by atoms with Crippen LogP contribution in [0, 0.1) is 5.92 Å². The van der Waals surface area contributed by atoms with Crippen LogP contribution in [0.2, 0.25) is 0 Å². The lowest BCUT2D eigenvalue weighted by atomic mass is 9.93. The Kier molecular flexibility index (Phi) is 3.74. The van der Waals surface area contributed by atoms with Crippen molar-refractivity contribution in [1.29, 1.82) is 0 Å². The normalized spacial score (nSPS) is 17.0. The Morgan fingerprint density at radius 3 is 3.22 bits per heavy atom. The molecule has 1 amide bonds. The number of thiophene rings is 1. The molecule has 1 unspecified atom stereocenters. The van der Waals surface area contributed by atoms with E-state index in [0.29, 0.717) is 16.8 Å². The first-order valence-corrected chi connectivity index (χ1v) is 9.19. The van der Waals surface area contributed by atoms with E-state index in [4.69, 9.17) is 4.52 Å². The molecule has 0 saturated carbocycles. The molecule has 23 heavy (non-hydrogen) atoms. The van der Waals surface area contributed by atoms with Crippen LogP contribution in [0.15, 0.2) is 28.1 Å². The quantitative estimate of drug-likeness (QED) is 0.771. The molecule has 7 heteroatoms. The summed E-state index contributed by atoms with van der Waals surface area (Å²) in [5, 5.41) is 9.30. The highest BCUT2D eigenvalue weighted by molar-refractivity contribution is 7.16. The number of fused-ring (bicyclic) bond motifs is 1. The van der Waals surface area contributed by atoms with Crippen molar-refractivity contribution < 1.29 is 9.32 Å². The average Bonchev–Trinajstić information content (AvgIpc) is 3.26. The Balaban J connectivity index is 1.50. The largest absolute Gasteiger partial charge is 0.355 e. The number of carbonyl (C=O) groups excluding carboxylic acids is 1. The number of hydrogen-bond acceptors (Lipinski definition) is 6. The standard InChI is InChI=1S/C16H15N3O2S2/c1-9-4-5-10-14(7-9)23-16(17-10)18-15(20)11-8-12(21-19-11)13-3-2-6-22-13/h2-3,6,8-9H,4-5,7H2,1H3,(H,17,18,20). The Morgan fingerprint density at radius 2 is 2.39 bits per heavy atom. The second-order valence-corrected chi connectivity index (χ2v) is 7.78. The van der Waals surface area contributed by atoms with E-state index in [1.165, 1.54) is 4.88 Å². The lowest BCUT2D eigenvalue weighted by molar-refractivity contribution is 0.101. The lowest BCUT2D eigenvalue weighted by Crippen LogP contribution is -2.12. The van der Waals surface area contributed by atoms with E-state index >= 15 is 0 Å². The van der Waals surface area contributed by atoms with E-state index in [-0.39, 0.29) is 11.6 Å². The van der Waals surface area contributed by atoms with Crippen molar-refractivity contribution >= 4 is 33.7 Å². The topological polar surface area (TPSA) is 68.0 Å². The summed E-state index contributed by atoms with van der Waals surface area (Å²) in [6.45, 7) is 2.25. The summed E-state index contributed by atoms with van der Waals surface area (Å²) in [5.41, 5.74) is 1.40. The maximum absolute atomic E-state index is 12.3. The first kappa shape index (κ1) is 14.6. The van der Waals surface area contributed by atoms with Crippen molar-refractivity contribution in [3.63, 3.8) is 0 Å². The number of carbonyl (C=O) groups is 1. The second-order valence-electron chi connectivity index (χ2n) is 5.74. The minimum Gasteiger partial charge on any atom is -0.355 e. The summed E-state index contributed by atoms with van der Waals surface area (Å²) in [4.78, 5) is 19.1. The second kappa shape index (κ2) is 5.90. The van der Waals surface area contributed by atoms with Crippen molar-refractivity contribution in [3.05, 3.63) is 39.8 Å². The summed E-state index contributed by atoms with van der Waals surface area (Å²) in [5.74, 6) is 1.02. The van der Waals surface area contributed by atoms with Gasteiger partial charge in [-0.05, 0) is 36.6 Å². The Morgan fingerprint density at radius 1 is 1.48 bits per heavy atom. The summed E-state index contributed by atoms with van der Waals surface area (Å²) < 4.78 is 5.25. The number of hydrogen-bond donors (Lipinski definition) is 1. The summed E-state index contributed by atoms with van der Waals surface area (Å²) >= 11 is 3.11. The zero-order valence-electron chi connectivity index (χ0n) is 12.5. The van der Waals surface area contributed by atoms with Gasteiger partial charge in [0.2, 0.25) is 0 Å². The smallest absolute Gasteiger partial charge is 0.279 e. The van der Waals surface area contributed by atoms with Crippen LogP contribution in [-0.2, 0) is 12.8 Å². The van der Waals surface area contributed by atoms with Gasteiger partial charge in [0, 0.05) is 10.9 Å². The molecule has 3 aromatic rings. The molecule has 3 heterocycles. The Labute approximate surface area is 141 Å². The van der Waals surface area contributed by atoms with Gasteiger partial charge in [0.05, 0.1) is 10.6 Å². The fourth-order valence-corrected chi connectivity index (χ4v) is 4.51. The lowest BCUT2D eigenvalue weighted by Gasteiger charge is -2.15. The third-order valence-corrected chi connectivity index (χ3v) is 5.83. The molecule has 0 spiro atoms. The van der Waals surface area contributed by atoms with Gasteiger partial charge in [-0.1, -0.05) is 18.1 Å². The molecule has 0 aliphatic heterocycles. The maximum atomic E-state index is 12.3. The molecule has 0 radical (unpaired) electrons. The number of thiazole rings is 1. The molecule has 0 fully saturated rings. The van der Waals surface area contributed by atoms with Gasteiger partial charge in [-0.2, -0.15) is 0 Å². The molecule has 1 aliphatic rings. The van der Waals surface area contributed by atoms with Crippen LogP contribution in [0.1, 0.15) is 34.4 Å². The van der Waals surface area contributed by atoms with Crippen molar-refractivity contribution in [2.75, 3.05) is 5.32 Å². The van der Waals surface area contributed by atoms with Gasteiger partial charge in [-0.3, -0.25) is 10.1 Å². The Hall–Kier alpha value is -1.99. The molecule has 1 atom stereocenters. The predicted molar refractivity (Wildman–Crippen MR) is 91.1 cm³/mol. The van der Waals surface area contributed by atoms with Crippen molar-refractivity contribution in [2.45, 2.75) is 26.2 Å². The predicted octanol–water partition coefficient (Wildman–Crippen LogP) is 4.24. The molecule has 3 aromatic heterocycles. The zero-order chi connectivity index (χ0) is 15.8. The van der Waals surface area contributed by atoms with Gasteiger partial charge in [0.1, 0.15) is 0 Å². The van der Waals surface area contributed by atoms with E-state index < -0.39 is 0 Å². The molecule has 0 bridgehead atoms. The van der Waals surface area contributed by atoms with E-state index in [1.54, 1.807) is 28.7 Å². The average molecular weight is 345 g/mol. The highest BCUT2D eigenvalue weighted by Crippen LogP contribution is 2.32. The fourth-order valence-electron chi connectivity index (χ4n) is 2.67. The number of aromatic nitrogens is 2. The van der Waals surface area contributed by atoms with Crippen LogP contribution in [-0.4, -0.2) is 16.0 Å². The molecule has 4 rings (SSSR count). The number of amides is 1. The summed E-state index contributed by atoms with van der Waals surface area (Å²) in [6, 6.07) is 5.53. The van der Waals surface area contributed by atoms with Crippen LogP contribution < -0.4 is 5.32 Å². The summed E-state index contributed by atoms with van der Waals surface area (Å²) in [6.07, 6.45) is 3.21. The van der Waals surface area contributed by atoms with E-state index in [2.05, 4.69) is 22.4 Å². The highest BCUT2D eigenvalue weighted by Gasteiger charge is 2.21. The van der Waals surface area contributed by atoms with E-state index in [0.717, 1.165) is 29.8 Å². The third kappa shape index (κ3) is 2.94. The van der Waals surface area contributed by atoms with E-state index in [9.17, 15) is 4.79 Å². The number of rotatable bonds is 3. The number of nitrogens with zero attached hydrogens (tertiary/aromatic N) is 2. The fraction of sp³-hybridized carbons (Fsp3) is 0.312. The van der Waals surface area contributed by atoms with Gasteiger partial charge in [-0.25, -0.2) is 4.98 Å². The summed E-state index contributed by atoms with van der Waals surface area (Å²) in [7, 11) is 0. The van der Waals surface area contributed by atoms with Crippen molar-refractivity contribution in [3.8, 4) is 10.6 Å². The third-order valence-electron chi connectivity index (χ3n) is 3.91. The molecular weight excluding hydrogens is 330 g/mol. The van der Waals surface area contributed by atoms with Crippen LogP contribution >= 0.6 is 22.7 Å². The molecule has 5 nitrogen and oxygen atoms in total. The van der Waals surface area contributed by atoms with Gasteiger partial charge in [0.15, 0.2) is 16.6 Å². The van der Waals surface area contributed by atoms with Crippen LogP contribution in [0.5, 0.6) is 0 Å². The van der Waals surface area contributed by atoms with Crippen LogP contribution in [0.3, 0.4) is 0 Å².